The molecule has 2 nitrogen and oxygen atoms in total. The predicted molar refractivity (Wildman–Crippen MR) is 72.4 cm³/mol. The third-order valence-electron chi connectivity index (χ3n) is 4.22. The van der Waals surface area contributed by atoms with E-state index in [0.29, 0.717) is 0 Å². The van der Waals surface area contributed by atoms with Crippen LogP contribution in [-0.4, -0.2) is 4.98 Å². The molecule has 0 aromatic carbocycles. The lowest BCUT2D eigenvalue weighted by Crippen LogP contribution is -2.35. The fourth-order valence-corrected chi connectivity index (χ4v) is 4.09. The Kier molecular flexibility index (Phi) is 2.99. The summed E-state index contributed by atoms with van der Waals surface area (Å²) in [5.41, 5.74) is 7.88. The average molecular weight is 250 g/mol. The van der Waals surface area contributed by atoms with Crippen LogP contribution >= 0.6 is 11.3 Å². The van der Waals surface area contributed by atoms with Gasteiger partial charge in [0.25, 0.3) is 0 Å². The molecular weight excluding hydrogens is 228 g/mol. The van der Waals surface area contributed by atoms with E-state index in [1.165, 1.54) is 54.1 Å². The van der Waals surface area contributed by atoms with Gasteiger partial charge in [-0.1, -0.05) is 25.7 Å². The van der Waals surface area contributed by atoms with Crippen LogP contribution in [0.4, 0.5) is 0 Å². The van der Waals surface area contributed by atoms with Gasteiger partial charge in [0.1, 0.15) is 5.01 Å². The first-order valence-electron chi connectivity index (χ1n) is 6.96. The highest BCUT2D eigenvalue weighted by atomic mass is 32.1. The molecule has 0 bridgehead atoms. The van der Waals surface area contributed by atoms with Gasteiger partial charge in [0.2, 0.25) is 0 Å². The number of hydrogen-bond donors (Lipinski definition) is 1. The summed E-state index contributed by atoms with van der Waals surface area (Å²) in [5.74, 6) is 0.759. The zero-order valence-electron chi connectivity index (χ0n) is 10.7. The van der Waals surface area contributed by atoms with Crippen molar-refractivity contribution in [2.24, 2.45) is 5.73 Å². The number of nitrogens with zero attached hydrogens (tertiary/aromatic N) is 1. The molecular formula is C14H22N2S. The van der Waals surface area contributed by atoms with Gasteiger partial charge in [0.15, 0.2) is 0 Å². The van der Waals surface area contributed by atoms with Crippen molar-refractivity contribution in [1.29, 1.82) is 0 Å². The molecule has 2 N–H and O–H groups in total. The Morgan fingerprint density at radius 1 is 1.18 bits per heavy atom. The maximum Gasteiger partial charge on any atom is 0.113 e. The molecule has 2 fully saturated rings. The standard InChI is InChI=1S/C14H22N2S/c1-10-12(11-6-7-11)16-13(17-10)14(15)8-4-2-3-5-9-14/h11H,2-9,15H2,1H3. The van der Waals surface area contributed by atoms with Gasteiger partial charge in [-0.3, -0.25) is 0 Å². The van der Waals surface area contributed by atoms with Crippen LogP contribution in [0.2, 0.25) is 0 Å². The van der Waals surface area contributed by atoms with E-state index in [9.17, 15) is 0 Å². The average Bonchev–Trinajstić information content (AvgIpc) is 3.09. The topological polar surface area (TPSA) is 38.9 Å². The molecule has 1 aromatic heterocycles. The summed E-state index contributed by atoms with van der Waals surface area (Å²) in [7, 11) is 0. The number of rotatable bonds is 2. The Hall–Kier alpha value is -0.410. The second-order valence-corrected chi connectivity index (χ2v) is 7.01. The molecule has 0 atom stereocenters. The van der Waals surface area contributed by atoms with Gasteiger partial charge in [-0.15, -0.1) is 11.3 Å². The lowest BCUT2D eigenvalue weighted by molar-refractivity contribution is 0.383. The van der Waals surface area contributed by atoms with E-state index in [-0.39, 0.29) is 5.54 Å². The van der Waals surface area contributed by atoms with Crippen LogP contribution in [0.1, 0.15) is 72.9 Å². The molecule has 2 aliphatic rings. The molecule has 1 heterocycles. The van der Waals surface area contributed by atoms with Crippen LogP contribution in [-0.2, 0) is 5.54 Å². The van der Waals surface area contributed by atoms with E-state index >= 15 is 0 Å². The number of aromatic nitrogens is 1. The summed E-state index contributed by atoms with van der Waals surface area (Å²) < 4.78 is 0. The molecule has 3 rings (SSSR count). The summed E-state index contributed by atoms with van der Waals surface area (Å²) in [5, 5.41) is 1.22. The summed E-state index contributed by atoms with van der Waals surface area (Å²) in [6.07, 6.45) is 10.2. The molecule has 0 saturated heterocycles. The largest absolute Gasteiger partial charge is 0.319 e. The summed E-state index contributed by atoms with van der Waals surface area (Å²) in [6.45, 7) is 2.22. The van der Waals surface area contributed by atoms with Crippen molar-refractivity contribution in [2.45, 2.75) is 69.7 Å². The SMILES string of the molecule is Cc1sc(C2(N)CCCCCC2)nc1C1CC1. The van der Waals surface area contributed by atoms with Crippen LogP contribution < -0.4 is 5.73 Å². The zero-order valence-corrected chi connectivity index (χ0v) is 11.5. The van der Waals surface area contributed by atoms with E-state index in [1.54, 1.807) is 0 Å². The van der Waals surface area contributed by atoms with Crippen LogP contribution in [0, 0.1) is 6.92 Å². The van der Waals surface area contributed by atoms with E-state index in [0.717, 1.165) is 18.8 Å². The number of aryl methyl sites for hydroxylation is 1. The minimum atomic E-state index is -0.112. The molecule has 0 aliphatic heterocycles. The first-order valence-corrected chi connectivity index (χ1v) is 7.77. The van der Waals surface area contributed by atoms with Gasteiger partial charge in [-0.2, -0.15) is 0 Å². The lowest BCUT2D eigenvalue weighted by atomic mass is 9.92. The predicted octanol–water partition coefficient (Wildman–Crippen LogP) is 3.84. The highest BCUT2D eigenvalue weighted by molar-refractivity contribution is 7.11. The van der Waals surface area contributed by atoms with Crippen LogP contribution in [0.5, 0.6) is 0 Å². The summed E-state index contributed by atoms with van der Waals surface area (Å²) >= 11 is 1.86. The Balaban J connectivity index is 1.88. The van der Waals surface area contributed by atoms with Crippen molar-refractivity contribution in [1.82, 2.24) is 4.98 Å². The lowest BCUT2D eigenvalue weighted by Gasteiger charge is -2.25. The van der Waals surface area contributed by atoms with Crippen LogP contribution in [0.25, 0.3) is 0 Å². The molecule has 0 radical (unpaired) electrons. The smallest absolute Gasteiger partial charge is 0.113 e. The Labute approximate surface area is 108 Å². The molecule has 94 valence electrons. The van der Waals surface area contributed by atoms with Gasteiger partial charge in [-0.25, -0.2) is 4.98 Å². The van der Waals surface area contributed by atoms with Crippen molar-refractivity contribution in [3.05, 3.63) is 15.6 Å². The van der Waals surface area contributed by atoms with Gasteiger partial charge < -0.3 is 5.73 Å². The quantitative estimate of drug-likeness (QED) is 0.810. The number of thiazole rings is 1. The molecule has 0 spiro atoms. The maximum atomic E-state index is 6.63. The fraction of sp³-hybridized carbons (Fsp3) is 0.786. The molecule has 1 aromatic rings. The van der Waals surface area contributed by atoms with Crippen molar-refractivity contribution < 1.29 is 0 Å². The second kappa shape index (κ2) is 4.36. The molecule has 2 aliphatic carbocycles. The minimum Gasteiger partial charge on any atom is -0.319 e. The van der Waals surface area contributed by atoms with Crippen molar-refractivity contribution in [3.8, 4) is 0 Å². The Bertz CT molecular complexity index is 398. The monoisotopic (exact) mass is 250 g/mol. The summed E-state index contributed by atoms with van der Waals surface area (Å²) in [6, 6.07) is 0. The maximum absolute atomic E-state index is 6.63. The zero-order chi connectivity index (χ0) is 11.9. The number of nitrogens with two attached hydrogens (primary N) is 1. The molecule has 2 saturated carbocycles. The van der Waals surface area contributed by atoms with Crippen molar-refractivity contribution >= 4 is 11.3 Å². The third-order valence-corrected chi connectivity index (χ3v) is 5.42. The van der Waals surface area contributed by atoms with Crippen LogP contribution in [0.3, 0.4) is 0 Å². The van der Waals surface area contributed by atoms with E-state index in [2.05, 4.69) is 6.92 Å². The first kappa shape index (κ1) is 11.7. The highest BCUT2D eigenvalue weighted by Crippen LogP contribution is 2.45. The number of hydrogen-bond acceptors (Lipinski definition) is 3. The molecule has 3 heteroatoms. The molecule has 0 unspecified atom stereocenters. The Morgan fingerprint density at radius 3 is 2.41 bits per heavy atom. The normalized spacial score (nSPS) is 24.6. The van der Waals surface area contributed by atoms with Gasteiger partial charge >= 0.3 is 0 Å². The van der Waals surface area contributed by atoms with Gasteiger partial charge in [0, 0.05) is 10.8 Å². The molecule has 17 heavy (non-hydrogen) atoms. The first-order chi connectivity index (χ1) is 8.19. The fourth-order valence-electron chi connectivity index (χ4n) is 2.93. The summed E-state index contributed by atoms with van der Waals surface area (Å²) in [4.78, 5) is 6.32. The van der Waals surface area contributed by atoms with Gasteiger partial charge in [-0.05, 0) is 32.6 Å². The third kappa shape index (κ3) is 2.27. The van der Waals surface area contributed by atoms with Gasteiger partial charge in [0.05, 0.1) is 11.2 Å². The molecule has 0 amide bonds. The van der Waals surface area contributed by atoms with E-state index in [1.807, 2.05) is 11.3 Å². The van der Waals surface area contributed by atoms with Crippen molar-refractivity contribution in [3.63, 3.8) is 0 Å². The van der Waals surface area contributed by atoms with E-state index < -0.39 is 0 Å². The van der Waals surface area contributed by atoms with E-state index in [4.69, 9.17) is 10.7 Å². The Morgan fingerprint density at radius 2 is 1.82 bits per heavy atom. The van der Waals surface area contributed by atoms with Crippen LogP contribution in [0.15, 0.2) is 0 Å². The minimum absolute atomic E-state index is 0.112. The van der Waals surface area contributed by atoms with Crippen molar-refractivity contribution in [2.75, 3.05) is 0 Å². The highest BCUT2D eigenvalue weighted by Gasteiger charge is 2.35. The second-order valence-electron chi connectivity index (χ2n) is 5.81.